The van der Waals surface area contributed by atoms with Crippen molar-refractivity contribution in [3.63, 3.8) is 0 Å². The fourth-order valence-corrected chi connectivity index (χ4v) is 2.62. The van der Waals surface area contributed by atoms with Crippen molar-refractivity contribution in [2.45, 2.75) is 33.1 Å². The van der Waals surface area contributed by atoms with E-state index in [1.807, 2.05) is 24.8 Å². The highest BCUT2D eigenvalue weighted by Crippen LogP contribution is 2.17. The third kappa shape index (κ3) is 3.74. The minimum absolute atomic E-state index is 0.118. The van der Waals surface area contributed by atoms with Gasteiger partial charge in [0, 0.05) is 37.3 Å². The summed E-state index contributed by atoms with van der Waals surface area (Å²) < 4.78 is 0. The summed E-state index contributed by atoms with van der Waals surface area (Å²) in [5.41, 5.74) is 8.89. The number of nitrogens with one attached hydrogen (secondary N) is 1. The maximum absolute atomic E-state index is 12.1. The Bertz CT molecular complexity index is 549. The van der Waals surface area contributed by atoms with E-state index in [4.69, 9.17) is 5.73 Å². The summed E-state index contributed by atoms with van der Waals surface area (Å²) in [5, 5.41) is 2.80. The molecule has 1 aromatic rings. The molecule has 1 aromatic carbocycles. The second kappa shape index (κ2) is 6.61. The first-order valence-corrected chi connectivity index (χ1v) is 7.41. The molecule has 5 heteroatoms. The zero-order chi connectivity index (χ0) is 15.4. The van der Waals surface area contributed by atoms with Crippen LogP contribution in [0.3, 0.4) is 0 Å². The van der Waals surface area contributed by atoms with Crippen LogP contribution in [0.25, 0.3) is 0 Å². The second-order valence-corrected chi connectivity index (χ2v) is 5.62. The summed E-state index contributed by atoms with van der Waals surface area (Å²) in [6.07, 6.45) is 2.52. The van der Waals surface area contributed by atoms with Crippen LogP contribution in [-0.2, 0) is 4.79 Å². The molecule has 0 bridgehead atoms. The molecule has 0 atom stereocenters. The van der Waals surface area contributed by atoms with E-state index >= 15 is 0 Å². The molecule has 114 valence electrons. The van der Waals surface area contributed by atoms with Crippen LogP contribution in [0.4, 0.5) is 5.69 Å². The maximum Gasteiger partial charge on any atom is 0.251 e. The Morgan fingerprint density at radius 2 is 1.86 bits per heavy atom. The van der Waals surface area contributed by atoms with E-state index in [9.17, 15) is 9.59 Å². The van der Waals surface area contributed by atoms with Gasteiger partial charge >= 0.3 is 0 Å². The van der Waals surface area contributed by atoms with Gasteiger partial charge < -0.3 is 16.0 Å². The summed E-state index contributed by atoms with van der Waals surface area (Å²) in [7, 11) is 0. The van der Waals surface area contributed by atoms with E-state index in [-0.39, 0.29) is 11.8 Å². The first kappa shape index (κ1) is 15.4. The van der Waals surface area contributed by atoms with E-state index in [1.54, 1.807) is 6.07 Å². The van der Waals surface area contributed by atoms with Gasteiger partial charge in [0.1, 0.15) is 0 Å². The molecule has 21 heavy (non-hydrogen) atoms. The molecular weight excluding hydrogens is 266 g/mol. The summed E-state index contributed by atoms with van der Waals surface area (Å²) in [5.74, 6) is -0.0543. The number of anilines is 1. The largest absolute Gasteiger partial charge is 0.398 e. The van der Waals surface area contributed by atoms with Crippen molar-refractivity contribution in [3.8, 4) is 0 Å². The lowest BCUT2D eigenvalue weighted by Gasteiger charge is -2.15. The molecule has 0 spiro atoms. The van der Waals surface area contributed by atoms with Crippen LogP contribution in [-0.4, -0.2) is 36.3 Å². The van der Waals surface area contributed by atoms with Crippen molar-refractivity contribution in [1.29, 1.82) is 0 Å². The van der Waals surface area contributed by atoms with Crippen LogP contribution in [0.2, 0.25) is 0 Å². The minimum Gasteiger partial charge on any atom is -0.398 e. The van der Waals surface area contributed by atoms with Crippen LogP contribution in [0, 0.1) is 13.8 Å². The number of carbonyl (C=O) groups excluding carboxylic acids is 2. The quantitative estimate of drug-likeness (QED) is 0.827. The highest BCUT2D eigenvalue weighted by atomic mass is 16.2. The fourth-order valence-electron chi connectivity index (χ4n) is 2.62. The Morgan fingerprint density at radius 3 is 2.52 bits per heavy atom. The molecule has 1 saturated heterocycles. The van der Waals surface area contributed by atoms with Gasteiger partial charge in [-0.3, -0.25) is 9.59 Å². The molecule has 0 unspecified atom stereocenters. The molecule has 0 saturated carbocycles. The standard InChI is InChI=1S/C16H23N3O2/c1-11-9-12(2)14(17)10-13(11)16(21)18-6-5-15(20)19-7-3-4-8-19/h9-10H,3-8,17H2,1-2H3,(H,18,21). The van der Waals surface area contributed by atoms with Crippen molar-refractivity contribution < 1.29 is 9.59 Å². The van der Waals surface area contributed by atoms with E-state index in [0.717, 1.165) is 37.1 Å². The van der Waals surface area contributed by atoms with E-state index in [2.05, 4.69) is 5.32 Å². The molecular formula is C16H23N3O2. The minimum atomic E-state index is -0.173. The number of rotatable bonds is 4. The molecule has 2 rings (SSSR count). The Kier molecular flexibility index (Phi) is 4.83. The highest BCUT2D eigenvalue weighted by molar-refractivity contribution is 5.97. The lowest BCUT2D eigenvalue weighted by atomic mass is 10.0. The molecule has 3 N–H and O–H groups in total. The molecule has 2 amide bonds. The van der Waals surface area contributed by atoms with Gasteiger partial charge in [-0.1, -0.05) is 6.07 Å². The molecule has 1 fully saturated rings. The summed E-state index contributed by atoms with van der Waals surface area (Å²) in [6, 6.07) is 3.60. The molecule has 0 radical (unpaired) electrons. The third-order valence-corrected chi connectivity index (χ3v) is 3.94. The number of nitrogens with zero attached hydrogens (tertiary/aromatic N) is 1. The van der Waals surface area contributed by atoms with Crippen LogP contribution in [0.15, 0.2) is 12.1 Å². The predicted molar refractivity (Wildman–Crippen MR) is 83.1 cm³/mol. The number of hydrogen-bond acceptors (Lipinski definition) is 3. The van der Waals surface area contributed by atoms with Crippen molar-refractivity contribution in [2.75, 3.05) is 25.4 Å². The molecule has 1 heterocycles. The van der Waals surface area contributed by atoms with Crippen LogP contribution >= 0.6 is 0 Å². The van der Waals surface area contributed by atoms with Gasteiger partial charge in [-0.25, -0.2) is 0 Å². The zero-order valence-corrected chi connectivity index (χ0v) is 12.7. The molecule has 1 aliphatic rings. The van der Waals surface area contributed by atoms with Gasteiger partial charge in [-0.15, -0.1) is 0 Å². The monoisotopic (exact) mass is 289 g/mol. The van der Waals surface area contributed by atoms with Crippen LogP contribution < -0.4 is 11.1 Å². The molecule has 5 nitrogen and oxygen atoms in total. The Hall–Kier alpha value is -2.04. The lowest BCUT2D eigenvalue weighted by molar-refractivity contribution is -0.129. The van der Waals surface area contributed by atoms with Crippen LogP contribution in [0.5, 0.6) is 0 Å². The van der Waals surface area contributed by atoms with E-state index in [1.165, 1.54) is 0 Å². The van der Waals surface area contributed by atoms with Crippen molar-refractivity contribution in [1.82, 2.24) is 10.2 Å². The van der Waals surface area contributed by atoms with Crippen molar-refractivity contribution >= 4 is 17.5 Å². The third-order valence-electron chi connectivity index (χ3n) is 3.94. The molecule has 0 aliphatic carbocycles. The van der Waals surface area contributed by atoms with Gasteiger partial charge in [0.25, 0.3) is 5.91 Å². The molecule has 0 aromatic heterocycles. The van der Waals surface area contributed by atoms with Gasteiger partial charge in [-0.2, -0.15) is 0 Å². The first-order valence-electron chi connectivity index (χ1n) is 7.41. The normalized spacial score (nSPS) is 14.3. The predicted octanol–water partition coefficient (Wildman–Crippen LogP) is 1.63. The SMILES string of the molecule is Cc1cc(C)c(C(=O)NCCC(=O)N2CCCC2)cc1N. The fraction of sp³-hybridized carbons (Fsp3) is 0.500. The van der Waals surface area contributed by atoms with Crippen molar-refractivity contribution in [3.05, 3.63) is 28.8 Å². The zero-order valence-electron chi connectivity index (χ0n) is 12.7. The first-order chi connectivity index (χ1) is 9.99. The average molecular weight is 289 g/mol. The number of benzene rings is 1. The van der Waals surface area contributed by atoms with Gasteiger partial charge in [0.05, 0.1) is 0 Å². The number of likely N-dealkylation sites (tertiary alicyclic amines) is 1. The van der Waals surface area contributed by atoms with E-state index in [0.29, 0.717) is 24.2 Å². The van der Waals surface area contributed by atoms with Crippen LogP contribution in [0.1, 0.15) is 40.7 Å². The van der Waals surface area contributed by atoms with Crippen molar-refractivity contribution in [2.24, 2.45) is 0 Å². The topological polar surface area (TPSA) is 75.4 Å². The number of amides is 2. The van der Waals surface area contributed by atoms with Gasteiger partial charge in [-0.05, 0) is 43.9 Å². The average Bonchev–Trinajstić information content (AvgIpc) is 2.96. The lowest BCUT2D eigenvalue weighted by Crippen LogP contribution is -2.33. The Balaban J connectivity index is 1.87. The number of nitrogen functional groups attached to an aromatic ring is 1. The number of carbonyl (C=O) groups is 2. The smallest absolute Gasteiger partial charge is 0.251 e. The summed E-state index contributed by atoms with van der Waals surface area (Å²) >= 11 is 0. The van der Waals surface area contributed by atoms with Gasteiger partial charge in [0.15, 0.2) is 0 Å². The van der Waals surface area contributed by atoms with Gasteiger partial charge in [0.2, 0.25) is 5.91 Å². The Labute approximate surface area is 125 Å². The number of aryl methyl sites for hydroxylation is 2. The maximum atomic E-state index is 12.1. The number of nitrogens with two attached hydrogens (primary N) is 1. The second-order valence-electron chi connectivity index (χ2n) is 5.62. The molecule has 1 aliphatic heterocycles. The summed E-state index contributed by atoms with van der Waals surface area (Å²) in [6.45, 7) is 5.86. The number of hydrogen-bond donors (Lipinski definition) is 2. The highest BCUT2D eigenvalue weighted by Gasteiger charge is 2.18. The van der Waals surface area contributed by atoms with E-state index < -0.39 is 0 Å². The summed E-state index contributed by atoms with van der Waals surface area (Å²) in [4.78, 5) is 25.9. The Morgan fingerprint density at radius 1 is 1.19 bits per heavy atom.